The minimum atomic E-state index is 0.700. The summed E-state index contributed by atoms with van der Waals surface area (Å²) in [5, 5.41) is 0. The third-order valence-corrected chi connectivity index (χ3v) is 5.74. The quantitative estimate of drug-likeness (QED) is 0.799. The fourth-order valence-electron chi connectivity index (χ4n) is 4.35. The van der Waals surface area contributed by atoms with Crippen LogP contribution in [0.4, 0.5) is 0 Å². The Labute approximate surface area is 141 Å². The number of hydrogen-bond acceptors (Lipinski definition) is 3. The first-order chi connectivity index (χ1) is 11.2. The molecule has 2 aliphatic rings. The summed E-state index contributed by atoms with van der Waals surface area (Å²) in [6.07, 6.45) is 16.5. The maximum Gasteiger partial charge on any atom is 0.0951 e. The standard InChI is InChI=1S/C19H34N4/c1-21(2)13-11-17-8-6-7-12-22(17)15-19-14-20-16-23(19)18-9-4-3-5-10-18/h14,16-18H,3-13,15H2,1-2H3/t17-/m0/s1. The summed E-state index contributed by atoms with van der Waals surface area (Å²) in [7, 11) is 4.37. The zero-order valence-electron chi connectivity index (χ0n) is 15.1. The van der Waals surface area contributed by atoms with E-state index in [1.54, 1.807) is 0 Å². The summed E-state index contributed by atoms with van der Waals surface area (Å²) in [5.41, 5.74) is 1.44. The van der Waals surface area contributed by atoms with Crippen LogP contribution < -0.4 is 0 Å². The van der Waals surface area contributed by atoms with E-state index in [1.807, 2.05) is 0 Å². The molecule has 0 N–H and O–H groups in total. The molecule has 1 atom stereocenters. The topological polar surface area (TPSA) is 24.3 Å². The maximum absolute atomic E-state index is 4.49. The van der Waals surface area contributed by atoms with E-state index in [0.29, 0.717) is 6.04 Å². The van der Waals surface area contributed by atoms with E-state index in [1.165, 1.54) is 76.6 Å². The van der Waals surface area contributed by atoms with Gasteiger partial charge in [0.1, 0.15) is 0 Å². The highest BCUT2D eigenvalue weighted by molar-refractivity contribution is 5.02. The lowest BCUT2D eigenvalue weighted by molar-refractivity contribution is 0.120. The van der Waals surface area contributed by atoms with E-state index in [4.69, 9.17) is 0 Å². The zero-order chi connectivity index (χ0) is 16.1. The maximum atomic E-state index is 4.49. The van der Waals surface area contributed by atoms with Crippen LogP contribution in [-0.4, -0.2) is 52.6 Å². The molecule has 4 nitrogen and oxygen atoms in total. The van der Waals surface area contributed by atoms with Crippen molar-refractivity contribution in [3.05, 3.63) is 18.2 Å². The fraction of sp³-hybridized carbons (Fsp3) is 0.842. The van der Waals surface area contributed by atoms with E-state index in [-0.39, 0.29) is 0 Å². The summed E-state index contributed by atoms with van der Waals surface area (Å²) < 4.78 is 2.50. The molecule has 23 heavy (non-hydrogen) atoms. The van der Waals surface area contributed by atoms with Gasteiger partial charge in [0.05, 0.1) is 12.0 Å². The Balaban J connectivity index is 1.63. The third-order valence-electron chi connectivity index (χ3n) is 5.74. The normalized spacial score (nSPS) is 24.4. The van der Waals surface area contributed by atoms with E-state index >= 15 is 0 Å². The van der Waals surface area contributed by atoms with Crippen molar-refractivity contribution in [2.75, 3.05) is 27.2 Å². The van der Waals surface area contributed by atoms with Crippen molar-refractivity contribution in [1.82, 2.24) is 19.4 Å². The molecule has 0 radical (unpaired) electrons. The highest BCUT2D eigenvalue weighted by atomic mass is 15.2. The average Bonchev–Trinajstić information content (AvgIpc) is 3.03. The Bertz CT molecular complexity index is 462. The lowest BCUT2D eigenvalue weighted by atomic mass is 9.95. The highest BCUT2D eigenvalue weighted by Gasteiger charge is 2.25. The molecule has 0 bridgehead atoms. The Morgan fingerprint density at radius 2 is 1.87 bits per heavy atom. The molecular weight excluding hydrogens is 284 g/mol. The minimum Gasteiger partial charge on any atom is -0.330 e. The molecule has 1 aliphatic carbocycles. The van der Waals surface area contributed by atoms with Crippen LogP contribution in [0.1, 0.15) is 69.5 Å². The van der Waals surface area contributed by atoms with Gasteiger partial charge in [-0.05, 0) is 59.3 Å². The SMILES string of the molecule is CN(C)CC[C@@H]1CCCCN1Cc1cncn1C1CCCCC1. The van der Waals surface area contributed by atoms with Gasteiger partial charge in [0.15, 0.2) is 0 Å². The van der Waals surface area contributed by atoms with Gasteiger partial charge in [0, 0.05) is 24.8 Å². The lowest BCUT2D eigenvalue weighted by Gasteiger charge is -2.37. The summed E-state index contributed by atoms with van der Waals surface area (Å²) in [5.74, 6) is 0. The molecule has 1 aromatic rings. The molecule has 1 saturated heterocycles. The van der Waals surface area contributed by atoms with Gasteiger partial charge in [-0.1, -0.05) is 25.7 Å². The highest BCUT2D eigenvalue weighted by Crippen LogP contribution is 2.30. The third kappa shape index (κ3) is 4.57. The molecule has 2 fully saturated rings. The monoisotopic (exact) mass is 318 g/mol. The first-order valence-electron chi connectivity index (χ1n) is 9.63. The van der Waals surface area contributed by atoms with Crippen molar-refractivity contribution in [2.45, 2.75) is 76.4 Å². The molecule has 1 aliphatic heterocycles. The van der Waals surface area contributed by atoms with Crippen LogP contribution in [0.15, 0.2) is 12.5 Å². The van der Waals surface area contributed by atoms with Crippen molar-refractivity contribution in [3.63, 3.8) is 0 Å². The Kier molecular flexibility index (Phi) is 6.12. The van der Waals surface area contributed by atoms with Gasteiger partial charge in [-0.15, -0.1) is 0 Å². The molecule has 3 rings (SSSR count). The van der Waals surface area contributed by atoms with Crippen molar-refractivity contribution >= 4 is 0 Å². The van der Waals surface area contributed by atoms with E-state index in [2.05, 4.69) is 46.0 Å². The van der Waals surface area contributed by atoms with Crippen LogP contribution in [0.25, 0.3) is 0 Å². The lowest BCUT2D eigenvalue weighted by Crippen LogP contribution is -2.41. The van der Waals surface area contributed by atoms with Gasteiger partial charge < -0.3 is 9.47 Å². The van der Waals surface area contributed by atoms with Crippen LogP contribution in [0.5, 0.6) is 0 Å². The number of likely N-dealkylation sites (tertiary alicyclic amines) is 1. The van der Waals surface area contributed by atoms with Gasteiger partial charge in [-0.2, -0.15) is 0 Å². The van der Waals surface area contributed by atoms with Crippen LogP contribution in [0, 0.1) is 0 Å². The van der Waals surface area contributed by atoms with Gasteiger partial charge >= 0.3 is 0 Å². The molecule has 0 spiro atoms. The van der Waals surface area contributed by atoms with Crippen molar-refractivity contribution < 1.29 is 0 Å². The number of aromatic nitrogens is 2. The molecule has 0 unspecified atom stereocenters. The predicted molar refractivity (Wildman–Crippen MR) is 95.6 cm³/mol. The van der Waals surface area contributed by atoms with Crippen molar-refractivity contribution in [2.24, 2.45) is 0 Å². The molecule has 0 aromatic carbocycles. The number of hydrogen-bond donors (Lipinski definition) is 0. The van der Waals surface area contributed by atoms with Crippen molar-refractivity contribution in [3.8, 4) is 0 Å². The number of piperidine rings is 1. The Hall–Kier alpha value is -0.870. The second-order valence-electron chi connectivity index (χ2n) is 7.80. The first-order valence-corrected chi connectivity index (χ1v) is 9.63. The minimum absolute atomic E-state index is 0.700. The first kappa shape index (κ1) is 17.0. The van der Waals surface area contributed by atoms with Crippen LogP contribution in [0.2, 0.25) is 0 Å². The van der Waals surface area contributed by atoms with Gasteiger partial charge in [-0.25, -0.2) is 4.98 Å². The summed E-state index contributed by atoms with van der Waals surface area (Å²) in [6.45, 7) is 3.55. The molecule has 0 amide bonds. The predicted octanol–water partition coefficient (Wildman–Crippen LogP) is 3.69. The fourth-order valence-corrected chi connectivity index (χ4v) is 4.35. The molecular formula is C19H34N4. The summed E-state index contributed by atoms with van der Waals surface area (Å²) >= 11 is 0. The number of rotatable bonds is 6. The van der Waals surface area contributed by atoms with Crippen LogP contribution >= 0.6 is 0 Å². The number of imidazole rings is 1. The molecule has 2 heterocycles. The van der Waals surface area contributed by atoms with E-state index in [9.17, 15) is 0 Å². The summed E-state index contributed by atoms with van der Waals surface area (Å²) in [4.78, 5) is 9.53. The van der Waals surface area contributed by atoms with E-state index < -0.39 is 0 Å². The van der Waals surface area contributed by atoms with Gasteiger partial charge in [0.25, 0.3) is 0 Å². The van der Waals surface area contributed by atoms with Crippen molar-refractivity contribution in [1.29, 1.82) is 0 Å². The van der Waals surface area contributed by atoms with Gasteiger partial charge in [-0.3, -0.25) is 4.90 Å². The molecule has 1 aromatic heterocycles. The van der Waals surface area contributed by atoms with Gasteiger partial charge in [0.2, 0.25) is 0 Å². The smallest absolute Gasteiger partial charge is 0.0951 e. The average molecular weight is 319 g/mol. The Morgan fingerprint density at radius 3 is 2.65 bits per heavy atom. The van der Waals surface area contributed by atoms with Crippen LogP contribution in [-0.2, 0) is 6.54 Å². The van der Waals surface area contributed by atoms with Crippen LogP contribution in [0.3, 0.4) is 0 Å². The van der Waals surface area contributed by atoms with E-state index in [0.717, 1.165) is 12.6 Å². The molecule has 4 heteroatoms. The second-order valence-corrected chi connectivity index (χ2v) is 7.80. The molecule has 130 valence electrons. The number of nitrogens with zero attached hydrogens (tertiary/aromatic N) is 4. The Morgan fingerprint density at radius 1 is 1.09 bits per heavy atom. The summed E-state index contributed by atoms with van der Waals surface area (Å²) in [6, 6.07) is 1.45. The zero-order valence-corrected chi connectivity index (χ0v) is 15.1. The second kappa shape index (κ2) is 8.29. The largest absolute Gasteiger partial charge is 0.330 e. The molecule has 1 saturated carbocycles.